The molecule has 0 unspecified atom stereocenters. The summed E-state index contributed by atoms with van der Waals surface area (Å²) < 4.78 is 10.4. The third kappa shape index (κ3) is 2.49. The van der Waals surface area contributed by atoms with Crippen molar-refractivity contribution in [1.82, 2.24) is 15.1 Å². The summed E-state index contributed by atoms with van der Waals surface area (Å²) in [5.74, 6) is 1.22. The van der Waals surface area contributed by atoms with Gasteiger partial charge in [-0.15, -0.1) is 0 Å². The number of benzene rings is 1. The van der Waals surface area contributed by atoms with E-state index < -0.39 is 0 Å². The van der Waals surface area contributed by atoms with E-state index in [4.69, 9.17) is 14.7 Å². The van der Waals surface area contributed by atoms with Gasteiger partial charge in [0.05, 0.1) is 0 Å². The SMILES string of the molecule is Cc1nc(CCNc2nc3cc(N)ccc3o2)no1. The Balaban J connectivity index is 1.65. The highest BCUT2D eigenvalue weighted by atomic mass is 16.5. The van der Waals surface area contributed by atoms with Gasteiger partial charge < -0.3 is 20.0 Å². The fourth-order valence-electron chi connectivity index (χ4n) is 1.74. The van der Waals surface area contributed by atoms with Crippen LogP contribution < -0.4 is 11.1 Å². The molecule has 0 saturated heterocycles. The zero-order chi connectivity index (χ0) is 13.2. The highest BCUT2D eigenvalue weighted by Gasteiger charge is 2.06. The monoisotopic (exact) mass is 259 g/mol. The molecule has 0 aliphatic carbocycles. The van der Waals surface area contributed by atoms with Gasteiger partial charge >= 0.3 is 0 Å². The second kappa shape index (κ2) is 4.60. The molecule has 0 fully saturated rings. The number of aryl methyl sites for hydroxylation is 1. The first-order chi connectivity index (χ1) is 9.20. The number of rotatable bonds is 4. The van der Waals surface area contributed by atoms with E-state index in [2.05, 4.69) is 20.4 Å². The molecule has 0 atom stereocenters. The molecule has 3 N–H and O–H groups in total. The number of anilines is 2. The van der Waals surface area contributed by atoms with Gasteiger partial charge in [0.2, 0.25) is 5.89 Å². The first kappa shape index (κ1) is 11.5. The van der Waals surface area contributed by atoms with Crippen LogP contribution in [0, 0.1) is 6.92 Å². The Bertz CT molecular complexity index is 703. The zero-order valence-corrected chi connectivity index (χ0v) is 10.4. The van der Waals surface area contributed by atoms with Crippen molar-refractivity contribution in [2.45, 2.75) is 13.3 Å². The fraction of sp³-hybridized carbons (Fsp3) is 0.250. The number of nitrogens with two attached hydrogens (primary N) is 1. The Morgan fingerprint density at radius 1 is 1.32 bits per heavy atom. The summed E-state index contributed by atoms with van der Waals surface area (Å²) in [6.45, 7) is 2.37. The Morgan fingerprint density at radius 2 is 2.21 bits per heavy atom. The lowest BCUT2D eigenvalue weighted by Gasteiger charge is -1.96. The Labute approximate surface area is 108 Å². The van der Waals surface area contributed by atoms with E-state index in [1.807, 2.05) is 0 Å². The number of hydrogen-bond acceptors (Lipinski definition) is 7. The van der Waals surface area contributed by atoms with E-state index in [9.17, 15) is 0 Å². The summed E-state index contributed by atoms with van der Waals surface area (Å²) in [6.07, 6.45) is 0.637. The van der Waals surface area contributed by atoms with Crippen LogP contribution in [0.15, 0.2) is 27.1 Å². The molecule has 2 aromatic heterocycles. The molecule has 2 heterocycles. The topological polar surface area (TPSA) is 103 Å². The van der Waals surface area contributed by atoms with Crippen LogP contribution in [0.4, 0.5) is 11.7 Å². The number of nitrogens with one attached hydrogen (secondary N) is 1. The summed E-state index contributed by atoms with van der Waals surface area (Å²) in [7, 11) is 0. The Kier molecular flexibility index (Phi) is 2.79. The van der Waals surface area contributed by atoms with E-state index >= 15 is 0 Å². The molecule has 0 amide bonds. The average molecular weight is 259 g/mol. The van der Waals surface area contributed by atoms with Gasteiger partial charge in [0.25, 0.3) is 6.01 Å². The molecule has 0 spiro atoms. The van der Waals surface area contributed by atoms with Gasteiger partial charge in [-0.25, -0.2) is 0 Å². The highest BCUT2D eigenvalue weighted by molar-refractivity contribution is 5.78. The summed E-state index contributed by atoms with van der Waals surface area (Å²) in [6, 6.07) is 5.80. The highest BCUT2D eigenvalue weighted by Crippen LogP contribution is 2.20. The van der Waals surface area contributed by atoms with E-state index in [0.717, 1.165) is 5.52 Å². The number of oxazole rings is 1. The van der Waals surface area contributed by atoms with E-state index in [0.29, 0.717) is 42.0 Å². The van der Waals surface area contributed by atoms with Crippen LogP contribution in [0.5, 0.6) is 0 Å². The molecular weight excluding hydrogens is 246 g/mol. The predicted octanol–water partition coefficient (Wildman–Crippen LogP) is 1.76. The maximum Gasteiger partial charge on any atom is 0.295 e. The lowest BCUT2D eigenvalue weighted by atomic mass is 10.3. The van der Waals surface area contributed by atoms with Crippen molar-refractivity contribution >= 4 is 22.8 Å². The minimum absolute atomic E-state index is 0.459. The molecule has 98 valence electrons. The van der Waals surface area contributed by atoms with E-state index in [1.165, 1.54) is 0 Å². The molecule has 0 aliphatic rings. The van der Waals surface area contributed by atoms with Crippen LogP contribution >= 0.6 is 0 Å². The third-order valence-electron chi connectivity index (χ3n) is 2.61. The quantitative estimate of drug-likeness (QED) is 0.688. The van der Waals surface area contributed by atoms with Gasteiger partial charge in [0, 0.05) is 25.6 Å². The molecule has 1 aromatic carbocycles. The smallest absolute Gasteiger partial charge is 0.295 e. The van der Waals surface area contributed by atoms with Gasteiger partial charge in [0.1, 0.15) is 5.52 Å². The number of nitrogen functional groups attached to an aromatic ring is 1. The minimum Gasteiger partial charge on any atom is -0.424 e. The number of nitrogens with zero attached hydrogens (tertiary/aromatic N) is 3. The first-order valence-electron chi connectivity index (χ1n) is 5.90. The van der Waals surface area contributed by atoms with Crippen molar-refractivity contribution in [2.75, 3.05) is 17.6 Å². The molecular formula is C12H13N5O2. The van der Waals surface area contributed by atoms with Crippen LogP contribution in [-0.2, 0) is 6.42 Å². The molecule has 0 radical (unpaired) electrons. The van der Waals surface area contributed by atoms with E-state index in [1.54, 1.807) is 25.1 Å². The number of fused-ring (bicyclic) bond motifs is 1. The van der Waals surface area contributed by atoms with E-state index in [-0.39, 0.29) is 0 Å². The van der Waals surface area contributed by atoms with Crippen molar-refractivity contribution in [3.63, 3.8) is 0 Å². The van der Waals surface area contributed by atoms with Crippen molar-refractivity contribution in [3.05, 3.63) is 29.9 Å². The van der Waals surface area contributed by atoms with Crippen molar-refractivity contribution in [2.24, 2.45) is 0 Å². The van der Waals surface area contributed by atoms with Crippen LogP contribution in [0.1, 0.15) is 11.7 Å². The Hall–Kier alpha value is -2.57. The molecule has 0 aliphatic heterocycles. The first-order valence-corrected chi connectivity index (χ1v) is 5.90. The number of aromatic nitrogens is 3. The van der Waals surface area contributed by atoms with Crippen LogP contribution in [0.2, 0.25) is 0 Å². The summed E-state index contributed by atoms with van der Waals surface area (Å²) >= 11 is 0. The van der Waals surface area contributed by atoms with Crippen LogP contribution in [0.25, 0.3) is 11.1 Å². The van der Waals surface area contributed by atoms with Crippen molar-refractivity contribution in [3.8, 4) is 0 Å². The minimum atomic E-state index is 0.459. The average Bonchev–Trinajstić information content (AvgIpc) is 2.95. The van der Waals surface area contributed by atoms with Crippen molar-refractivity contribution < 1.29 is 8.94 Å². The predicted molar refractivity (Wildman–Crippen MR) is 69.7 cm³/mol. The molecule has 7 nitrogen and oxygen atoms in total. The van der Waals surface area contributed by atoms with Gasteiger partial charge in [-0.1, -0.05) is 5.16 Å². The van der Waals surface area contributed by atoms with Crippen molar-refractivity contribution in [1.29, 1.82) is 0 Å². The molecule has 19 heavy (non-hydrogen) atoms. The molecule has 3 rings (SSSR count). The molecule has 0 bridgehead atoms. The third-order valence-corrected chi connectivity index (χ3v) is 2.61. The summed E-state index contributed by atoms with van der Waals surface area (Å²) in [5.41, 5.74) is 7.78. The van der Waals surface area contributed by atoms with Gasteiger partial charge in [0.15, 0.2) is 11.4 Å². The Morgan fingerprint density at radius 3 is 3.00 bits per heavy atom. The second-order valence-electron chi connectivity index (χ2n) is 4.15. The fourth-order valence-corrected chi connectivity index (χ4v) is 1.74. The lowest BCUT2D eigenvalue weighted by Crippen LogP contribution is -2.06. The maximum atomic E-state index is 5.68. The lowest BCUT2D eigenvalue weighted by molar-refractivity contribution is 0.387. The molecule has 3 aromatic rings. The second-order valence-corrected chi connectivity index (χ2v) is 4.15. The van der Waals surface area contributed by atoms with Gasteiger partial charge in [-0.3, -0.25) is 0 Å². The largest absolute Gasteiger partial charge is 0.424 e. The standard InChI is InChI=1S/C12H13N5O2/c1-7-15-11(17-19-7)4-5-14-12-16-9-6-8(13)2-3-10(9)18-12/h2-3,6H,4-5,13H2,1H3,(H,14,16). The van der Waals surface area contributed by atoms with Crippen LogP contribution in [0.3, 0.4) is 0 Å². The normalized spacial score (nSPS) is 11.0. The molecule has 7 heteroatoms. The summed E-state index contributed by atoms with van der Waals surface area (Å²) in [4.78, 5) is 8.40. The van der Waals surface area contributed by atoms with Gasteiger partial charge in [-0.05, 0) is 18.2 Å². The zero-order valence-electron chi connectivity index (χ0n) is 10.4. The van der Waals surface area contributed by atoms with Gasteiger partial charge in [-0.2, -0.15) is 9.97 Å². The maximum absolute atomic E-state index is 5.68. The number of hydrogen-bond donors (Lipinski definition) is 2. The molecule has 0 saturated carbocycles. The summed E-state index contributed by atoms with van der Waals surface area (Å²) in [5, 5.41) is 6.88. The van der Waals surface area contributed by atoms with Crippen LogP contribution in [-0.4, -0.2) is 21.7 Å².